The van der Waals surface area contributed by atoms with Crippen molar-refractivity contribution in [3.63, 3.8) is 0 Å². The molecular weight excluding hydrogens is 297 g/mol. The van der Waals surface area contributed by atoms with Crippen LogP contribution in [-0.2, 0) is 9.53 Å². The molecule has 0 heterocycles. The normalized spacial score (nSPS) is 9.12. The van der Waals surface area contributed by atoms with E-state index in [0.717, 1.165) is 0 Å². The van der Waals surface area contributed by atoms with Gasteiger partial charge < -0.3 is 11.1 Å². The topological polar surface area (TPSA) is 46.6 Å². The van der Waals surface area contributed by atoms with Crippen LogP contribution in [0.3, 0.4) is 0 Å². The number of carbonyl (C=O) groups excluding carboxylic acids is 2. The van der Waals surface area contributed by atoms with Gasteiger partial charge in [0.15, 0.2) is 0 Å². The molecule has 0 atom stereocenters. The summed E-state index contributed by atoms with van der Waals surface area (Å²) in [7, 11) is 2.93. The first-order valence-corrected chi connectivity index (χ1v) is 5.73. The predicted molar refractivity (Wildman–Crippen MR) is 66.1 cm³/mol. The summed E-state index contributed by atoms with van der Waals surface area (Å²) in [6.45, 7) is 0. The maximum atomic E-state index is 11.5. The number of amides is 1. The summed E-state index contributed by atoms with van der Waals surface area (Å²) < 4.78 is 4.65. The molecule has 0 aromatic heterocycles. The molecule has 4 nitrogen and oxygen atoms in total. The number of para-hydroxylation sites is 1. The Hall–Kier alpha value is -0.360. The molecule has 0 aliphatic carbocycles. The molecule has 0 saturated carbocycles. The minimum atomic E-state index is -0.454. The van der Waals surface area contributed by atoms with E-state index in [1.54, 1.807) is 31.3 Å². The van der Waals surface area contributed by atoms with Crippen molar-refractivity contribution in [3.8, 4) is 0 Å². The van der Waals surface area contributed by atoms with Gasteiger partial charge in [0.05, 0.1) is 23.7 Å². The number of carbonyl (C=O) groups is 2. The third kappa shape index (κ3) is 4.10. The van der Waals surface area contributed by atoms with E-state index in [9.17, 15) is 9.59 Å². The molecule has 6 heteroatoms. The van der Waals surface area contributed by atoms with Crippen LogP contribution in [0.5, 0.6) is 0 Å². The Morgan fingerprint density at radius 3 is 2.53 bits per heavy atom. The van der Waals surface area contributed by atoms with E-state index >= 15 is 0 Å². The number of benzene rings is 1. The van der Waals surface area contributed by atoms with Crippen LogP contribution in [-0.4, -0.2) is 31.4 Å². The maximum Gasteiger partial charge on any atom is 1.00 e. The molecule has 0 spiro atoms. The SMILES string of the molecule is COC(=O)c1ccccc1N(C)C(=O)CBr.[H-].[Na+]. The molecule has 0 saturated heterocycles. The zero-order valence-electron chi connectivity index (χ0n) is 11.1. The van der Waals surface area contributed by atoms with Gasteiger partial charge in [-0.2, -0.15) is 0 Å². The Bertz CT molecular complexity index is 417. The number of anilines is 1. The van der Waals surface area contributed by atoms with Gasteiger partial charge in [-0.3, -0.25) is 4.79 Å². The minimum absolute atomic E-state index is 0. The summed E-state index contributed by atoms with van der Waals surface area (Å²) in [6, 6.07) is 6.81. The summed E-state index contributed by atoms with van der Waals surface area (Å²) in [5.41, 5.74) is 0.917. The Balaban J connectivity index is 0. The summed E-state index contributed by atoms with van der Waals surface area (Å²) in [5.74, 6) is -0.582. The molecular formula is C11H13BrNNaO3. The van der Waals surface area contributed by atoms with Gasteiger partial charge in [-0.1, -0.05) is 28.1 Å². The molecule has 88 valence electrons. The van der Waals surface area contributed by atoms with E-state index in [-0.39, 0.29) is 42.2 Å². The van der Waals surface area contributed by atoms with Crippen LogP contribution in [0, 0.1) is 0 Å². The second kappa shape index (κ2) is 7.87. The van der Waals surface area contributed by atoms with Gasteiger partial charge in [0, 0.05) is 7.05 Å². The molecule has 0 bridgehead atoms. The first-order chi connectivity index (χ1) is 7.61. The third-order valence-electron chi connectivity index (χ3n) is 2.16. The molecule has 1 amide bonds. The quantitative estimate of drug-likeness (QED) is 0.406. The smallest absolute Gasteiger partial charge is 1.00 e. The number of nitrogens with zero attached hydrogens (tertiary/aromatic N) is 1. The van der Waals surface area contributed by atoms with Gasteiger partial charge in [0.2, 0.25) is 5.91 Å². The van der Waals surface area contributed by atoms with Crippen LogP contribution in [0.15, 0.2) is 24.3 Å². The fourth-order valence-corrected chi connectivity index (χ4v) is 1.65. The molecule has 0 unspecified atom stereocenters. The Morgan fingerprint density at radius 1 is 1.41 bits per heavy atom. The number of esters is 1. The van der Waals surface area contributed by atoms with Gasteiger partial charge in [-0.05, 0) is 12.1 Å². The van der Waals surface area contributed by atoms with Crippen LogP contribution in [0.2, 0.25) is 0 Å². The first kappa shape index (κ1) is 16.6. The van der Waals surface area contributed by atoms with E-state index in [0.29, 0.717) is 11.3 Å². The second-order valence-corrected chi connectivity index (χ2v) is 3.66. The van der Waals surface area contributed by atoms with Crippen molar-refractivity contribution in [2.75, 3.05) is 24.4 Å². The molecule has 0 aliphatic rings. The van der Waals surface area contributed by atoms with Crippen molar-refractivity contribution in [2.24, 2.45) is 0 Å². The Kier molecular flexibility index (Phi) is 7.70. The van der Waals surface area contributed by atoms with E-state index < -0.39 is 5.97 Å². The van der Waals surface area contributed by atoms with Gasteiger partial charge in [0.25, 0.3) is 0 Å². The summed E-state index contributed by atoms with van der Waals surface area (Å²) in [4.78, 5) is 24.4. The largest absolute Gasteiger partial charge is 1.00 e. The number of hydrogen-bond donors (Lipinski definition) is 0. The van der Waals surface area contributed by atoms with E-state index in [1.807, 2.05) is 0 Å². The zero-order valence-corrected chi connectivity index (χ0v) is 13.7. The van der Waals surface area contributed by atoms with Crippen molar-refractivity contribution in [1.82, 2.24) is 0 Å². The molecule has 0 fully saturated rings. The van der Waals surface area contributed by atoms with Crippen LogP contribution >= 0.6 is 15.9 Å². The van der Waals surface area contributed by atoms with Crippen molar-refractivity contribution >= 4 is 33.5 Å². The monoisotopic (exact) mass is 309 g/mol. The van der Waals surface area contributed by atoms with E-state index in [1.165, 1.54) is 12.0 Å². The summed E-state index contributed by atoms with van der Waals surface area (Å²) in [6.07, 6.45) is 0. The van der Waals surface area contributed by atoms with Crippen LogP contribution in [0.4, 0.5) is 5.69 Å². The van der Waals surface area contributed by atoms with E-state index in [4.69, 9.17) is 0 Å². The molecule has 1 rings (SSSR count). The molecule has 0 aliphatic heterocycles. The number of hydrogen-bond acceptors (Lipinski definition) is 3. The Labute approximate surface area is 132 Å². The molecule has 0 radical (unpaired) electrons. The van der Waals surface area contributed by atoms with Gasteiger partial charge >= 0.3 is 35.5 Å². The number of alkyl halides is 1. The number of methoxy groups -OCH3 is 1. The molecule has 0 N–H and O–H groups in total. The Morgan fingerprint density at radius 2 is 2.00 bits per heavy atom. The fourth-order valence-electron chi connectivity index (χ4n) is 1.27. The zero-order chi connectivity index (χ0) is 12.1. The van der Waals surface area contributed by atoms with Crippen molar-refractivity contribution < 1.29 is 45.3 Å². The van der Waals surface area contributed by atoms with Crippen LogP contribution in [0.1, 0.15) is 11.8 Å². The molecule has 1 aromatic carbocycles. The number of rotatable bonds is 3. The van der Waals surface area contributed by atoms with Crippen molar-refractivity contribution in [2.45, 2.75) is 0 Å². The van der Waals surface area contributed by atoms with Crippen molar-refractivity contribution in [1.29, 1.82) is 0 Å². The molecule has 1 aromatic rings. The van der Waals surface area contributed by atoms with Crippen LogP contribution < -0.4 is 34.5 Å². The second-order valence-electron chi connectivity index (χ2n) is 3.10. The van der Waals surface area contributed by atoms with Crippen molar-refractivity contribution in [3.05, 3.63) is 29.8 Å². The standard InChI is InChI=1S/C11H12BrNO3.Na.H/c1-13(10(14)7-12)9-6-4-3-5-8(9)11(15)16-2;;/h3-6H,7H2,1-2H3;;/q;+1;-1. The summed E-state index contributed by atoms with van der Waals surface area (Å²) in [5, 5.41) is 0.207. The first-order valence-electron chi connectivity index (χ1n) is 4.61. The van der Waals surface area contributed by atoms with E-state index in [2.05, 4.69) is 20.7 Å². The van der Waals surface area contributed by atoms with Gasteiger partial charge in [-0.15, -0.1) is 0 Å². The van der Waals surface area contributed by atoms with Crippen LogP contribution in [0.25, 0.3) is 0 Å². The maximum absolute atomic E-state index is 11.5. The van der Waals surface area contributed by atoms with Gasteiger partial charge in [0.1, 0.15) is 0 Å². The van der Waals surface area contributed by atoms with Gasteiger partial charge in [-0.25, -0.2) is 4.79 Å². The summed E-state index contributed by atoms with van der Waals surface area (Å²) >= 11 is 3.08. The number of halogens is 1. The molecule has 17 heavy (non-hydrogen) atoms. The third-order valence-corrected chi connectivity index (χ3v) is 2.64. The predicted octanol–water partition coefficient (Wildman–Crippen LogP) is -1.05. The number of ether oxygens (including phenoxy) is 1. The average Bonchev–Trinajstić information content (AvgIpc) is 2.35. The minimum Gasteiger partial charge on any atom is -1.00 e. The average molecular weight is 310 g/mol. The fraction of sp³-hybridized carbons (Fsp3) is 0.273.